The fraction of sp³-hybridized carbons (Fsp3) is 0.258. The first-order chi connectivity index (χ1) is 64.0. The van der Waals surface area contributed by atoms with E-state index in [1.165, 1.54) is 38.0 Å². The van der Waals surface area contributed by atoms with Gasteiger partial charge in [0.2, 0.25) is 17.7 Å². The Morgan fingerprint density at radius 1 is 0.378 bits per heavy atom. The number of nitrogens with two attached hydrogens (primary N) is 3. The van der Waals surface area contributed by atoms with Crippen LogP contribution in [-0.4, -0.2) is 155 Å². The lowest BCUT2D eigenvalue weighted by molar-refractivity contribution is -0.127. The highest BCUT2D eigenvalue weighted by atomic mass is 35.5. The van der Waals surface area contributed by atoms with Crippen LogP contribution in [0.4, 0.5) is 51.7 Å². The summed E-state index contributed by atoms with van der Waals surface area (Å²) in [5.74, 6) is -5.39. The Kier molecular flexibility index (Phi) is 30.1. The molecule has 135 heavy (non-hydrogen) atoms. The second-order valence-corrected chi connectivity index (χ2v) is 36.5. The molecule has 15 rings (SSSR count). The van der Waals surface area contributed by atoms with Crippen LogP contribution in [0.3, 0.4) is 0 Å². The average molecular weight is 2050 g/mol. The van der Waals surface area contributed by atoms with Crippen LogP contribution in [-0.2, 0) is 14.4 Å². The Bertz CT molecular complexity index is 6640. The van der Waals surface area contributed by atoms with Crippen molar-refractivity contribution in [3.05, 3.63) is 253 Å². The molecule has 696 valence electrons. The number of hydrogen-bond acceptors (Lipinski definition) is 21. The van der Waals surface area contributed by atoms with Crippen LogP contribution in [0.15, 0.2) is 107 Å². The normalized spacial score (nSPS) is 13.4. The second kappa shape index (κ2) is 40.5. The van der Waals surface area contributed by atoms with Gasteiger partial charge >= 0.3 is 0 Å². The van der Waals surface area contributed by atoms with Crippen molar-refractivity contribution in [3.8, 4) is 69.0 Å². The lowest BCUT2D eigenvalue weighted by atomic mass is 10.0. The molecule has 6 N–H and O–H groups in total. The fourth-order valence-electron chi connectivity index (χ4n) is 16.6. The summed E-state index contributed by atoms with van der Waals surface area (Å²) in [5, 5.41) is 28.3. The molecule has 9 aromatic heterocycles. The molecule has 12 heterocycles. The number of halogens is 15. The molecule has 3 aromatic carbocycles. The molecule has 42 heteroatoms. The number of anilines is 6. The van der Waals surface area contributed by atoms with E-state index in [2.05, 4.69) is 57.9 Å². The number of piperazine rings is 3. The lowest BCUT2D eigenvalue weighted by Crippen LogP contribution is -2.49. The highest BCUT2D eigenvalue weighted by Crippen LogP contribution is 2.51. The Morgan fingerprint density at radius 3 is 0.881 bits per heavy atom. The summed E-state index contributed by atoms with van der Waals surface area (Å²) in [7, 11) is 0. The molecule has 0 aliphatic carbocycles. The third kappa shape index (κ3) is 18.0. The molecule has 0 unspecified atom stereocenters. The number of nitrogen functional groups attached to an aromatic ring is 3. The van der Waals surface area contributed by atoms with E-state index < -0.39 is 81.3 Å². The van der Waals surface area contributed by atoms with Gasteiger partial charge in [0.05, 0.1) is 131 Å². The molecule has 3 fully saturated rings. The molecule has 0 atom stereocenters. The maximum absolute atomic E-state index is 15.6. The zero-order chi connectivity index (χ0) is 98.7. The van der Waals surface area contributed by atoms with Crippen molar-refractivity contribution in [1.29, 1.82) is 15.8 Å². The third-order valence-electron chi connectivity index (χ3n) is 23.2. The highest BCUT2D eigenvalue weighted by Gasteiger charge is 2.38. The minimum absolute atomic E-state index is 0.00619. The summed E-state index contributed by atoms with van der Waals surface area (Å²) in [5.41, 5.74) is 19.8. The smallest absolute Gasteiger partial charge is 0.276 e. The molecular formula is C93H78Cl11F4N21O6. The van der Waals surface area contributed by atoms with Gasteiger partial charge in [0.25, 0.3) is 16.7 Å². The Hall–Kier alpha value is -12.0. The Labute approximate surface area is 824 Å². The molecule has 0 saturated carbocycles. The number of nitrogens with zero attached hydrogens (tertiary/aromatic N) is 18. The number of aryl methyl sites for hydroxylation is 3. The van der Waals surface area contributed by atoms with Crippen molar-refractivity contribution in [2.24, 2.45) is 0 Å². The van der Waals surface area contributed by atoms with E-state index in [4.69, 9.17) is 155 Å². The summed E-state index contributed by atoms with van der Waals surface area (Å²) >= 11 is 70.1. The number of carbonyl (C=O) groups is 3. The Morgan fingerprint density at radius 2 is 0.630 bits per heavy atom. The number of hydrogen-bond donors (Lipinski definition) is 3. The minimum atomic E-state index is -1.17. The van der Waals surface area contributed by atoms with Crippen molar-refractivity contribution >= 4 is 213 Å². The molecule has 3 amide bonds. The predicted molar refractivity (Wildman–Crippen MR) is 527 cm³/mol. The van der Waals surface area contributed by atoms with E-state index in [1.54, 1.807) is 75.4 Å². The van der Waals surface area contributed by atoms with E-state index in [0.29, 0.717) is 138 Å². The zero-order valence-electron chi connectivity index (χ0n) is 73.2. The standard InChI is InChI=1S/2C31H26Cl4FN7O2.C31H26Cl3F2N7O2/c2*1-5-19(44)41-8-10-42(11-9-41)29-16-12-18(32)27(20-21(33)22(34)24(36)23(35)25(20)38)40-30(16)43(31(45)17(29)13-37)28-15(4)6-7-39-26(28)14(2)3;1-5-19(44)41-8-10-42(11-9-41)29-16-12-18(32)27(20-21(33)24(36)22(34)25(38)23(20)35)40-30(16)43(31(45)17(29)13-37)28-15(4)6-7-39-26(28)14(2)3/h3*5-7,12,14H,1,8-11,38H2,2-4H3. The SMILES string of the molecule is C=CC(=O)N1CCN(c2c(C#N)c(=O)n(-c3c(C)ccnc3C(C)C)c3nc(-c4c(F)c(N)c(Cl)c(F)c4Cl)c(Cl)cc23)CC1.C=CC(=O)N1CCN(c2c(C#N)c(=O)n(-c3c(C)ccnc3C(C)C)c3nc(-c4c(N)c(Cl)c(F)c(Cl)c4Cl)c(Cl)cc23)CC1.C=CC(=O)N1CCN(c2c(C#N)c(=O)n(-c3c(C)ccnc3C(C)C)c3nc(-c4c(N)c(Cl)c(F)c(Cl)c4Cl)c(Cl)cc23)CC1. The maximum atomic E-state index is 15.6. The van der Waals surface area contributed by atoms with Gasteiger partial charge in [-0.1, -0.05) is 189 Å². The number of nitriles is 3. The van der Waals surface area contributed by atoms with Crippen LogP contribution in [0.2, 0.25) is 55.2 Å². The molecule has 12 aromatic rings. The number of aromatic nitrogens is 9. The van der Waals surface area contributed by atoms with E-state index in [0.717, 1.165) is 0 Å². The topological polar surface area (TPSA) is 363 Å². The van der Waals surface area contributed by atoms with Crippen molar-refractivity contribution in [2.75, 3.05) is 110 Å². The molecule has 3 saturated heterocycles. The first-order valence-corrected chi connectivity index (χ1v) is 45.5. The number of pyridine rings is 9. The van der Waals surface area contributed by atoms with E-state index in [-0.39, 0.29) is 158 Å². The number of amides is 3. The first-order valence-electron chi connectivity index (χ1n) is 41.3. The lowest BCUT2D eigenvalue weighted by Gasteiger charge is -2.36. The van der Waals surface area contributed by atoms with Gasteiger partial charge in [-0.3, -0.25) is 57.4 Å². The number of benzene rings is 3. The molecule has 0 radical (unpaired) electrons. The van der Waals surface area contributed by atoms with Crippen molar-refractivity contribution in [3.63, 3.8) is 0 Å². The molecule has 0 spiro atoms. The monoisotopic (exact) mass is 2050 g/mol. The summed E-state index contributed by atoms with van der Waals surface area (Å²) < 4.78 is 63.8. The van der Waals surface area contributed by atoms with E-state index >= 15 is 4.39 Å². The van der Waals surface area contributed by atoms with Crippen molar-refractivity contribution < 1.29 is 31.9 Å². The van der Waals surface area contributed by atoms with Crippen LogP contribution in [0, 0.1) is 78.0 Å². The summed E-state index contributed by atoms with van der Waals surface area (Å²) in [6.07, 6.45) is 8.59. The quantitative estimate of drug-likeness (QED) is 0.0282. The van der Waals surface area contributed by atoms with Crippen LogP contribution < -0.4 is 48.6 Å². The van der Waals surface area contributed by atoms with Crippen LogP contribution in [0.25, 0.3) is 83.9 Å². The van der Waals surface area contributed by atoms with Gasteiger partial charge in [-0.25, -0.2) is 32.5 Å². The van der Waals surface area contributed by atoms with Gasteiger partial charge in [-0.05, 0) is 110 Å². The van der Waals surface area contributed by atoms with Crippen molar-refractivity contribution in [2.45, 2.75) is 80.1 Å². The second-order valence-electron chi connectivity index (χ2n) is 32.2. The summed E-state index contributed by atoms with van der Waals surface area (Å²) in [4.78, 5) is 118. The van der Waals surface area contributed by atoms with Gasteiger partial charge in [0, 0.05) is 124 Å². The first kappa shape index (κ1) is 100. The third-order valence-corrected chi connectivity index (χ3v) is 27.2. The zero-order valence-corrected chi connectivity index (χ0v) is 81.5. The highest BCUT2D eigenvalue weighted by molar-refractivity contribution is 6.48. The Balaban J connectivity index is 0.000000171. The maximum Gasteiger partial charge on any atom is 0.276 e. The predicted octanol–water partition coefficient (Wildman–Crippen LogP) is 20.2. The minimum Gasteiger partial charge on any atom is -0.397 e. The molecule has 3 aliphatic rings. The van der Waals surface area contributed by atoms with Crippen LogP contribution in [0.5, 0.6) is 0 Å². The van der Waals surface area contributed by atoms with Gasteiger partial charge in [0.1, 0.15) is 66.9 Å². The number of carbonyl (C=O) groups excluding carboxylic acids is 3. The molecular weight excluding hydrogens is 1970 g/mol. The largest absolute Gasteiger partial charge is 0.397 e. The van der Waals surface area contributed by atoms with Gasteiger partial charge in [0.15, 0.2) is 23.3 Å². The van der Waals surface area contributed by atoms with Gasteiger partial charge in [-0.2, -0.15) is 15.8 Å². The van der Waals surface area contributed by atoms with Crippen LogP contribution in [0.1, 0.15) is 110 Å². The molecule has 3 aliphatic heterocycles. The van der Waals surface area contributed by atoms with E-state index in [1.807, 2.05) is 65.2 Å². The van der Waals surface area contributed by atoms with Gasteiger partial charge in [-0.15, -0.1) is 0 Å². The number of fused-ring (bicyclic) bond motifs is 3. The van der Waals surface area contributed by atoms with E-state index in [9.17, 15) is 57.7 Å². The fourth-order valence-corrected chi connectivity index (χ4v) is 19.2. The number of rotatable bonds is 15. The average Bonchev–Trinajstić information content (AvgIpc) is 0.728. The molecule has 27 nitrogen and oxygen atoms in total. The summed E-state index contributed by atoms with van der Waals surface area (Å²) in [6.45, 7) is 31.3. The molecule has 0 bridgehead atoms. The van der Waals surface area contributed by atoms with Gasteiger partial charge < -0.3 is 46.6 Å². The van der Waals surface area contributed by atoms with Crippen molar-refractivity contribution in [1.82, 2.24) is 58.3 Å². The summed E-state index contributed by atoms with van der Waals surface area (Å²) in [6, 6.07) is 16.0. The van der Waals surface area contributed by atoms with Crippen LogP contribution >= 0.6 is 128 Å².